The fourth-order valence-electron chi connectivity index (χ4n) is 7.39. The van der Waals surface area contributed by atoms with Crippen LogP contribution in [0.15, 0.2) is 152 Å². The van der Waals surface area contributed by atoms with Crippen LogP contribution in [0.4, 0.5) is 0 Å². The van der Waals surface area contributed by atoms with Gasteiger partial charge in [0.25, 0.3) is 0 Å². The molecule has 0 spiro atoms. The Morgan fingerprint density at radius 2 is 1.04 bits per heavy atom. The second-order valence-electron chi connectivity index (χ2n) is 11.8. The van der Waals surface area contributed by atoms with Gasteiger partial charge in [-0.05, 0) is 50.4 Å². The Bertz CT molecular complexity index is 2630. The fraction of sp³-hybridized carbons (Fsp3) is 0. The van der Waals surface area contributed by atoms with Crippen LogP contribution in [0.1, 0.15) is 0 Å². The number of rotatable bonds is 3. The first-order valence-electron chi connectivity index (χ1n) is 15.4. The number of para-hydroxylation sites is 2. The maximum Gasteiger partial charge on any atom is 0.235 e. The molecule has 1 aliphatic carbocycles. The van der Waals surface area contributed by atoms with Crippen LogP contribution >= 0.6 is 0 Å². The highest BCUT2D eigenvalue weighted by molar-refractivity contribution is 6.21. The van der Waals surface area contributed by atoms with Gasteiger partial charge in [-0.2, -0.15) is 0 Å². The summed E-state index contributed by atoms with van der Waals surface area (Å²) in [6.45, 7) is 0. The molecule has 7 aromatic carbocycles. The van der Waals surface area contributed by atoms with Crippen LogP contribution in [-0.4, -0.2) is 14.5 Å². The first kappa shape index (κ1) is 24.4. The molecule has 0 saturated heterocycles. The first-order valence-corrected chi connectivity index (χ1v) is 15.4. The van der Waals surface area contributed by atoms with E-state index in [2.05, 4.69) is 156 Å². The van der Waals surface area contributed by atoms with Gasteiger partial charge in [-0.1, -0.05) is 140 Å². The van der Waals surface area contributed by atoms with E-state index >= 15 is 0 Å². The topological polar surface area (TPSA) is 30.7 Å². The lowest BCUT2D eigenvalue weighted by molar-refractivity contribution is 0.993. The van der Waals surface area contributed by atoms with Crippen molar-refractivity contribution in [3.8, 4) is 50.7 Å². The highest BCUT2D eigenvalue weighted by atomic mass is 15.2. The van der Waals surface area contributed by atoms with Crippen molar-refractivity contribution in [2.24, 2.45) is 0 Å². The highest BCUT2D eigenvalue weighted by Crippen LogP contribution is 2.52. The van der Waals surface area contributed by atoms with E-state index in [1.807, 2.05) is 0 Å². The molecular weight excluding hydrogens is 546 g/mol. The van der Waals surface area contributed by atoms with Crippen LogP contribution < -0.4 is 0 Å². The molecule has 208 valence electrons. The molecule has 0 unspecified atom stereocenters. The van der Waals surface area contributed by atoms with E-state index in [4.69, 9.17) is 9.97 Å². The molecule has 0 amide bonds. The molecule has 0 N–H and O–H groups in total. The molecule has 10 rings (SSSR count). The van der Waals surface area contributed by atoms with Crippen molar-refractivity contribution in [3.63, 3.8) is 0 Å². The van der Waals surface area contributed by atoms with E-state index in [9.17, 15) is 0 Å². The van der Waals surface area contributed by atoms with E-state index in [0.717, 1.165) is 33.4 Å². The molecular formula is C42H25N3. The summed E-state index contributed by atoms with van der Waals surface area (Å²) in [7, 11) is 0. The number of fused-ring (bicyclic) bond motifs is 7. The molecule has 0 saturated carbocycles. The van der Waals surface area contributed by atoms with E-state index in [1.54, 1.807) is 0 Å². The second kappa shape index (κ2) is 9.22. The third kappa shape index (κ3) is 3.46. The molecule has 0 atom stereocenters. The summed E-state index contributed by atoms with van der Waals surface area (Å²) in [6.07, 6.45) is 0. The SMILES string of the molecule is c1ccc2c(-c3ccc(-c4nc(-n5c6c(c7ccccc75)-c5cccc7cccc-6c57)nc5ccccc45)cc3)cccc2c1. The van der Waals surface area contributed by atoms with E-state index < -0.39 is 0 Å². The van der Waals surface area contributed by atoms with Crippen molar-refractivity contribution in [1.82, 2.24) is 14.5 Å². The quantitative estimate of drug-likeness (QED) is 0.211. The maximum absolute atomic E-state index is 5.37. The second-order valence-corrected chi connectivity index (χ2v) is 11.8. The number of nitrogens with zero attached hydrogens (tertiary/aromatic N) is 3. The fourth-order valence-corrected chi connectivity index (χ4v) is 7.39. The molecule has 2 aromatic heterocycles. The lowest BCUT2D eigenvalue weighted by atomic mass is 9.96. The van der Waals surface area contributed by atoms with Crippen molar-refractivity contribution in [2.45, 2.75) is 0 Å². The van der Waals surface area contributed by atoms with Crippen LogP contribution in [-0.2, 0) is 0 Å². The van der Waals surface area contributed by atoms with Gasteiger partial charge in [-0.15, -0.1) is 0 Å². The van der Waals surface area contributed by atoms with Crippen LogP contribution in [0.3, 0.4) is 0 Å². The predicted octanol–water partition coefficient (Wildman–Crippen LogP) is 10.9. The summed E-state index contributed by atoms with van der Waals surface area (Å²) in [5, 5.41) is 7.31. The average Bonchev–Trinajstić information content (AvgIpc) is 3.62. The van der Waals surface area contributed by atoms with Gasteiger partial charge in [0.1, 0.15) is 0 Å². The maximum atomic E-state index is 5.37. The Morgan fingerprint density at radius 1 is 0.422 bits per heavy atom. The molecule has 9 aromatic rings. The normalized spacial score (nSPS) is 12.0. The van der Waals surface area contributed by atoms with Gasteiger partial charge in [0.05, 0.1) is 22.4 Å². The number of benzene rings is 7. The molecule has 3 heteroatoms. The Hall–Kier alpha value is -6.06. The molecule has 2 heterocycles. The van der Waals surface area contributed by atoms with Gasteiger partial charge in [-0.25, -0.2) is 9.97 Å². The minimum Gasteiger partial charge on any atom is -0.277 e. The van der Waals surface area contributed by atoms with Gasteiger partial charge in [-0.3, -0.25) is 4.57 Å². The predicted molar refractivity (Wildman–Crippen MR) is 187 cm³/mol. The van der Waals surface area contributed by atoms with Crippen molar-refractivity contribution < 1.29 is 0 Å². The third-order valence-corrected chi connectivity index (χ3v) is 9.35. The third-order valence-electron chi connectivity index (χ3n) is 9.35. The lowest BCUT2D eigenvalue weighted by Crippen LogP contribution is -2.04. The number of aromatic nitrogens is 3. The molecule has 1 aliphatic rings. The summed E-state index contributed by atoms with van der Waals surface area (Å²) in [5.41, 5.74) is 11.4. The van der Waals surface area contributed by atoms with Crippen LogP contribution in [0, 0.1) is 0 Å². The average molecular weight is 572 g/mol. The Kier molecular flexibility index (Phi) is 5.00. The highest BCUT2D eigenvalue weighted by Gasteiger charge is 2.30. The Balaban J connectivity index is 1.21. The van der Waals surface area contributed by atoms with E-state index in [0.29, 0.717) is 5.95 Å². The Labute approximate surface area is 259 Å². The van der Waals surface area contributed by atoms with Gasteiger partial charge < -0.3 is 0 Å². The molecule has 3 nitrogen and oxygen atoms in total. The summed E-state index contributed by atoms with van der Waals surface area (Å²) >= 11 is 0. The van der Waals surface area contributed by atoms with Gasteiger partial charge >= 0.3 is 0 Å². The van der Waals surface area contributed by atoms with E-state index in [1.165, 1.54) is 54.7 Å². The van der Waals surface area contributed by atoms with Crippen molar-refractivity contribution in [2.75, 3.05) is 0 Å². The number of hydrogen-bond acceptors (Lipinski definition) is 2. The smallest absolute Gasteiger partial charge is 0.235 e. The standard InChI is InChI=1S/C42H25N3/c1-2-14-30-26(10-1)11-7-17-31(30)27-22-24-29(25-23-27)40-32-15-3-5-20-36(32)43-42(44-40)45-37-21-6-4-16-33(37)39-34-18-8-12-28-13-9-19-35(38(28)34)41(39)45/h1-25H. The first-order chi connectivity index (χ1) is 22.3. The zero-order valence-corrected chi connectivity index (χ0v) is 24.3. The summed E-state index contributed by atoms with van der Waals surface area (Å²) in [5.74, 6) is 0.684. The zero-order chi connectivity index (χ0) is 29.5. The molecule has 0 bridgehead atoms. The minimum absolute atomic E-state index is 0.684. The Morgan fingerprint density at radius 3 is 1.89 bits per heavy atom. The number of hydrogen-bond donors (Lipinski definition) is 0. The molecule has 0 fully saturated rings. The van der Waals surface area contributed by atoms with Crippen LogP contribution in [0.5, 0.6) is 0 Å². The monoisotopic (exact) mass is 571 g/mol. The zero-order valence-electron chi connectivity index (χ0n) is 24.3. The molecule has 0 radical (unpaired) electrons. The van der Waals surface area contributed by atoms with Crippen molar-refractivity contribution in [1.29, 1.82) is 0 Å². The lowest BCUT2D eigenvalue weighted by Gasteiger charge is -2.14. The van der Waals surface area contributed by atoms with Gasteiger partial charge in [0.15, 0.2) is 0 Å². The minimum atomic E-state index is 0.684. The van der Waals surface area contributed by atoms with Crippen molar-refractivity contribution >= 4 is 43.4 Å². The van der Waals surface area contributed by atoms with Gasteiger partial charge in [0.2, 0.25) is 5.95 Å². The van der Waals surface area contributed by atoms with Crippen LogP contribution in [0.2, 0.25) is 0 Å². The summed E-state index contributed by atoms with van der Waals surface area (Å²) in [6, 6.07) is 54.1. The van der Waals surface area contributed by atoms with Crippen molar-refractivity contribution in [3.05, 3.63) is 152 Å². The summed E-state index contributed by atoms with van der Waals surface area (Å²) < 4.78 is 2.28. The van der Waals surface area contributed by atoms with Gasteiger partial charge in [0, 0.05) is 27.5 Å². The van der Waals surface area contributed by atoms with E-state index in [-0.39, 0.29) is 0 Å². The largest absolute Gasteiger partial charge is 0.277 e. The molecule has 0 aliphatic heterocycles. The summed E-state index contributed by atoms with van der Waals surface area (Å²) in [4.78, 5) is 10.6. The molecule has 45 heavy (non-hydrogen) atoms. The van der Waals surface area contributed by atoms with Crippen LogP contribution in [0.25, 0.3) is 94.1 Å².